The summed E-state index contributed by atoms with van der Waals surface area (Å²) < 4.78 is 4.81. The van der Waals surface area contributed by atoms with Crippen molar-refractivity contribution in [2.24, 2.45) is 11.8 Å². The van der Waals surface area contributed by atoms with Crippen molar-refractivity contribution >= 4 is 5.97 Å². The second kappa shape index (κ2) is 6.51. The van der Waals surface area contributed by atoms with E-state index in [0.29, 0.717) is 11.5 Å². The molecule has 1 fully saturated rings. The standard InChI is InChI=1S/C16H20N2O2/c1-11-15(8-13(9-17)10-18-11)7-12-3-5-14(6-4-12)16(19)20-2/h8,10,12,14H,3-7H2,1-2H3/t12-,14-. The van der Waals surface area contributed by atoms with E-state index in [9.17, 15) is 4.79 Å². The molecule has 4 nitrogen and oxygen atoms in total. The number of aromatic nitrogens is 1. The largest absolute Gasteiger partial charge is 0.469 e. The molecule has 0 aliphatic heterocycles. The van der Waals surface area contributed by atoms with Crippen molar-refractivity contribution in [1.29, 1.82) is 5.26 Å². The van der Waals surface area contributed by atoms with Crippen LogP contribution >= 0.6 is 0 Å². The number of aryl methyl sites for hydroxylation is 1. The SMILES string of the molecule is COC(=O)[C@H]1CC[C@H](Cc2cc(C#N)cnc2C)CC1. The molecule has 106 valence electrons. The van der Waals surface area contributed by atoms with E-state index in [1.807, 2.05) is 13.0 Å². The van der Waals surface area contributed by atoms with Gasteiger partial charge < -0.3 is 4.74 Å². The second-order valence-corrected chi connectivity index (χ2v) is 5.53. The molecule has 0 aromatic carbocycles. The first-order valence-electron chi connectivity index (χ1n) is 7.07. The van der Waals surface area contributed by atoms with E-state index in [2.05, 4.69) is 11.1 Å². The summed E-state index contributed by atoms with van der Waals surface area (Å²) in [6.45, 7) is 1.98. The quantitative estimate of drug-likeness (QED) is 0.794. The van der Waals surface area contributed by atoms with Gasteiger partial charge in [-0.25, -0.2) is 0 Å². The highest BCUT2D eigenvalue weighted by Crippen LogP contribution is 2.32. The third-order valence-electron chi connectivity index (χ3n) is 4.21. The van der Waals surface area contributed by atoms with Crippen LogP contribution in [0.15, 0.2) is 12.3 Å². The van der Waals surface area contributed by atoms with Gasteiger partial charge in [0.25, 0.3) is 0 Å². The van der Waals surface area contributed by atoms with Crippen molar-refractivity contribution < 1.29 is 9.53 Å². The van der Waals surface area contributed by atoms with Crippen molar-refractivity contribution in [3.8, 4) is 6.07 Å². The monoisotopic (exact) mass is 272 g/mol. The summed E-state index contributed by atoms with van der Waals surface area (Å²) in [7, 11) is 1.46. The smallest absolute Gasteiger partial charge is 0.308 e. The Bertz CT molecular complexity index is 526. The van der Waals surface area contributed by atoms with Gasteiger partial charge in [-0.2, -0.15) is 5.26 Å². The molecule has 1 aliphatic rings. The Morgan fingerprint density at radius 1 is 1.45 bits per heavy atom. The van der Waals surface area contributed by atoms with Crippen molar-refractivity contribution in [2.45, 2.75) is 39.0 Å². The highest BCUT2D eigenvalue weighted by molar-refractivity contribution is 5.72. The summed E-state index contributed by atoms with van der Waals surface area (Å²) >= 11 is 0. The van der Waals surface area contributed by atoms with E-state index in [1.165, 1.54) is 7.11 Å². The third-order valence-corrected chi connectivity index (χ3v) is 4.21. The Hall–Kier alpha value is -1.89. The molecule has 0 unspecified atom stereocenters. The minimum Gasteiger partial charge on any atom is -0.469 e. The van der Waals surface area contributed by atoms with E-state index < -0.39 is 0 Å². The van der Waals surface area contributed by atoms with Crippen molar-refractivity contribution in [2.75, 3.05) is 7.11 Å². The zero-order valence-electron chi connectivity index (χ0n) is 12.1. The van der Waals surface area contributed by atoms with Gasteiger partial charge in [0.15, 0.2) is 0 Å². The van der Waals surface area contributed by atoms with E-state index in [1.54, 1.807) is 6.20 Å². The maximum Gasteiger partial charge on any atom is 0.308 e. The number of rotatable bonds is 3. The van der Waals surface area contributed by atoms with Gasteiger partial charge in [0.1, 0.15) is 6.07 Å². The zero-order chi connectivity index (χ0) is 14.5. The molecule has 1 aromatic heterocycles. The number of nitriles is 1. The summed E-state index contributed by atoms with van der Waals surface area (Å²) in [6, 6.07) is 4.08. The van der Waals surface area contributed by atoms with E-state index in [4.69, 9.17) is 10.00 Å². The van der Waals surface area contributed by atoms with Crippen LogP contribution < -0.4 is 0 Å². The van der Waals surface area contributed by atoms with Crippen LogP contribution in [-0.4, -0.2) is 18.1 Å². The summed E-state index contributed by atoms with van der Waals surface area (Å²) in [5.41, 5.74) is 2.78. The van der Waals surface area contributed by atoms with E-state index in [0.717, 1.165) is 43.4 Å². The molecule has 0 radical (unpaired) electrons. The second-order valence-electron chi connectivity index (χ2n) is 5.53. The highest BCUT2D eigenvalue weighted by atomic mass is 16.5. The van der Waals surface area contributed by atoms with Crippen molar-refractivity contribution in [3.63, 3.8) is 0 Å². The maximum atomic E-state index is 11.5. The van der Waals surface area contributed by atoms with Crippen molar-refractivity contribution in [3.05, 3.63) is 29.1 Å². The van der Waals surface area contributed by atoms with Gasteiger partial charge in [0, 0.05) is 11.9 Å². The van der Waals surface area contributed by atoms with Crippen LogP contribution in [0.5, 0.6) is 0 Å². The minimum atomic E-state index is -0.0761. The molecule has 0 bridgehead atoms. The molecule has 20 heavy (non-hydrogen) atoms. The number of methoxy groups -OCH3 is 1. The van der Waals surface area contributed by atoms with Gasteiger partial charge in [0.2, 0.25) is 0 Å². The van der Waals surface area contributed by atoms with E-state index >= 15 is 0 Å². The average Bonchev–Trinajstić information content (AvgIpc) is 2.49. The molecular weight excluding hydrogens is 252 g/mol. The fourth-order valence-corrected chi connectivity index (χ4v) is 2.93. The Balaban J connectivity index is 1.96. The summed E-state index contributed by atoms with van der Waals surface area (Å²) in [4.78, 5) is 15.8. The topological polar surface area (TPSA) is 63.0 Å². The molecule has 0 spiro atoms. The normalized spacial score (nSPS) is 22.1. The number of esters is 1. The first-order valence-corrected chi connectivity index (χ1v) is 7.07. The summed E-state index contributed by atoms with van der Waals surface area (Å²) in [5.74, 6) is 0.569. The first-order chi connectivity index (χ1) is 9.63. The lowest BCUT2D eigenvalue weighted by atomic mass is 9.79. The van der Waals surface area contributed by atoms with Gasteiger partial charge >= 0.3 is 5.97 Å². The molecule has 1 aliphatic carbocycles. The maximum absolute atomic E-state index is 11.5. The lowest BCUT2D eigenvalue weighted by Gasteiger charge is -2.27. The summed E-state index contributed by atoms with van der Waals surface area (Å²) in [5, 5.41) is 8.94. The molecule has 2 rings (SSSR count). The number of pyridine rings is 1. The Labute approximate surface area is 119 Å². The Morgan fingerprint density at radius 2 is 2.15 bits per heavy atom. The molecule has 0 atom stereocenters. The molecule has 4 heteroatoms. The molecule has 1 saturated carbocycles. The Morgan fingerprint density at radius 3 is 2.75 bits per heavy atom. The Kier molecular flexibility index (Phi) is 4.73. The first kappa shape index (κ1) is 14.5. The lowest BCUT2D eigenvalue weighted by Crippen LogP contribution is -2.23. The number of carbonyl (C=O) groups excluding carboxylic acids is 1. The van der Waals surface area contributed by atoms with Crippen LogP contribution in [-0.2, 0) is 16.0 Å². The minimum absolute atomic E-state index is 0.0703. The van der Waals surface area contributed by atoms with Crippen molar-refractivity contribution in [1.82, 2.24) is 4.98 Å². The van der Waals surface area contributed by atoms with Gasteiger partial charge in [0.05, 0.1) is 18.6 Å². The summed E-state index contributed by atoms with van der Waals surface area (Å²) in [6.07, 6.45) is 6.45. The molecular formula is C16H20N2O2. The van der Waals surface area contributed by atoms with Gasteiger partial charge in [-0.3, -0.25) is 9.78 Å². The fraction of sp³-hybridized carbons (Fsp3) is 0.562. The lowest BCUT2D eigenvalue weighted by molar-refractivity contribution is -0.146. The van der Waals surface area contributed by atoms with Gasteiger partial charge in [-0.1, -0.05) is 0 Å². The number of nitrogens with zero attached hydrogens (tertiary/aromatic N) is 2. The van der Waals surface area contributed by atoms with Gasteiger partial charge in [-0.15, -0.1) is 0 Å². The van der Waals surface area contributed by atoms with Crippen LogP contribution in [0.4, 0.5) is 0 Å². The number of carbonyl (C=O) groups is 1. The van der Waals surface area contributed by atoms with Gasteiger partial charge in [-0.05, 0) is 56.6 Å². The zero-order valence-corrected chi connectivity index (χ0v) is 12.1. The van der Waals surface area contributed by atoms with Crippen LogP contribution in [0.25, 0.3) is 0 Å². The molecule has 1 heterocycles. The average molecular weight is 272 g/mol. The van der Waals surface area contributed by atoms with Crippen LogP contribution in [0.1, 0.15) is 42.5 Å². The van der Waals surface area contributed by atoms with Crippen LogP contribution in [0.2, 0.25) is 0 Å². The highest BCUT2D eigenvalue weighted by Gasteiger charge is 2.27. The van der Waals surface area contributed by atoms with E-state index in [-0.39, 0.29) is 11.9 Å². The molecule has 1 aromatic rings. The van der Waals surface area contributed by atoms with Crippen LogP contribution in [0.3, 0.4) is 0 Å². The molecule has 0 amide bonds. The predicted molar refractivity (Wildman–Crippen MR) is 74.9 cm³/mol. The fourth-order valence-electron chi connectivity index (χ4n) is 2.93. The predicted octanol–water partition coefficient (Wildman–Crippen LogP) is 2.78. The number of hydrogen-bond acceptors (Lipinski definition) is 4. The molecule has 0 N–H and O–H groups in total. The van der Waals surface area contributed by atoms with Crippen LogP contribution in [0, 0.1) is 30.1 Å². The molecule has 0 saturated heterocycles. The number of hydrogen-bond donors (Lipinski definition) is 0. The third kappa shape index (κ3) is 3.36. The number of ether oxygens (including phenoxy) is 1.